The minimum Gasteiger partial charge on any atom is -0.349 e. The number of rotatable bonds is 1. The van der Waals surface area contributed by atoms with Gasteiger partial charge in [0.25, 0.3) is 5.85 Å². The first-order chi connectivity index (χ1) is 11.1. The van der Waals surface area contributed by atoms with E-state index in [1.807, 2.05) is 18.2 Å². The topological polar surface area (TPSA) is 57.5 Å². The van der Waals surface area contributed by atoms with Crippen LogP contribution in [0.15, 0.2) is 53.8 Å². The molecule has 6 heteroatoms. The van der Waals surface area contributed by atoms with Crippen molar-refractivity contribution in [3.8, 4) is 0 Å². The van der Waals surface area contributed by atoms with Crippen LogP contribution >= 0.6 is 11.6 Å². The summed E-state index contributed by atoms with van der Waals surface area (Å²) in [5.74, 6) is -2.36. The molecule has 2 N–H and O–H groups in total. The lowest BCUT2D eigenvalue weighted by Gasteiger charge is -2.31. The molecule has 1 aromatic heterocycles. The lowest BCUT2D eigenvalue weighted by atomic mass is 9.99. The monoisotopic (exact) mass is 327 g/mol. The van der Waals surface area contributed by atoms with Gasteiger partial charge in [-0.1, -0.05) is 41.9 Å². The van der Waals surface area contributed by atoms with E-state index in [1.165, 1.54) is 12.4 Å². The fraction of sp³-hybridized carbons (Fsp3) is 0.0588. The van der Waals surface area contributed by atoms with Gasteiger partial charge in [-0.3, -0.25) is 4.98 Å². The number of fused-ring (bicyclic) bond motifs is 2. The van der Waals surface area contributed by atoms with Gasteiger partial charge in [-0.15, -0.1) is 0 Å². The number of aliphatic hydroxyl groups is 1. The van der Waals surface area contributed by atoms with Gasteiger partial charge in [0.2, 0.25) is 0 Å². The maximum absolute atomic E-state index is 14.0. The van der Waals surface area contributed by atoms with Crippen molar-refractivity contribution >= 4 is 34.3 Å². The van der Waals surface area contributed by atoms with E-state index in [1.54, 1.807) is 18.2 Å². The predicted molar refractivity (Wildman–Crippen MR) is 88.3 cm³/mol. The first-order valence-electron chi connectivity index (χ1n) is 6.95. The summed E-state index contributed by atoms with van der Waals surface area (Å²) in [6.45, 7) is 0. The van der Waals surface area contributed by atoms with E-state index in [4.69, 9.17) is 11.6 Å². The first kappa shape index (κ1) is 14.1. The highest BCUT2D eigenvalue weighted by molar-refractivity contribution is 6.35. The molecule has 0 radical (unpaired) electrons. The predicted octanol–water partition coefficient (Wildman–Crippen LogP) is 3.67. The van der Waals surface area contributed by atoms with Gasteiger partial charge >= 0.3 is 0 Å². The Morgan fingerprint density at radius 1 is 1.13 bits per heavy atom. The smallest absolute Gasteiger partial charge is 0.262 e. The van der Waals surface area contributed by atoms with E-state index >= 15 is 0 Å². The molecule has 0 spiro atoms. The Bertz CT molecular complexity index is 954. The summed E-state index contributed by atoms with van der Waals surface area (Å²) in [5.41, 5.74) is 1.08. The van der Waals surface area contributed by atoms with Crippen LogP contribution in [-0.2, 0) is 5.85 Å². The first-order valence-corrected chi connectivity index (χ1v) is 7.33. The van der Waals surface area contributed by atoms with E-state index in [0.29, 0.717) is 21.5 Å². The molecule has 0 fully saturated rings. The second-order valence-corrected chi connectivity index (χ2v) is 5.69. The second-order valence-electron chi connectivity index (χ2n) is 5.28. The van der Waals surface area contributed by atoms with Crippen molar-refractivity contribution in [2.24, 2.45) is 4.99 Å². The Morgan fingerprint density at radius 2 is 1.91 bits per heavy atom. The zero-order valence-electron chi connectivity index (χ0n) is 11.8. The van der Waals surface area contributed by atoms with E-state index < -0.39 is 11.7 Å². The third-order valence-corrected chi connectivity index (χ3v) is 4.16. The average molecular weight is 328 g/mol. The normalized spacial score (nSPS) is 19.4. The Kier molecular flexibility index (Phi) is 3.07. The molecule has 1 aliphatic rings. The maximum atomic E-state index is 14.0. The highest BCUT2D eigenvalue weighted by Gasteiger charge is 2.34. The average Bonchev–Trinajstić information content (AvgIpc) is 2.56. The van der Waals surface area contributed by atoms with Crippen LogP contribution in [0.4, 0.5) is 10.1 Å². The minimum atomic E-state index is -1.81. The molecular weight excluding hydrogens is 317 g/mol. The molecule has 3 aromatic rings. The molecule has 0 amide bonds. The number of nitrogens with one attached hydrogen (secondary N) is 1. The third-order valence-electron chi connectivity index (χ3n) is 3.85. The SMILES string of the molecule is OC1(c2cccc3cccc(Cl)c23)N=Cc2cncc(F)c2N1. The molecule has 2 heterocycles. The van der Waals surface area contributed by atoms with Gasteiger partial charge < -0.3 is 10.4 Å². The number of hydrogen-bond donors (Lipinski definition) is 2. The molecule has 1 aliphatic heterocycles. The standard InChI is InChI=1S/C17H11ClFN3O/c18-13-6-2-4-10-3-1-5-12(15(10)13)17(23)21-8-11-7-20-9-14(19)16(11)22-17/h1-9,22-23H. The molecule has 1 unspecified atom stereocenters. The minimum absolute atomic E-state index is 0.154. The van der Waals surface area contributed by atoms with Crippen molar-refractivity contribution in [2.75, 3.05) is 5.32 Å². The number of anilines is 1. The number of aromatic nitrogens is 1. The van der Waals surface area contributed by atoms with Gasteiger partial charge in [0.05, 0.1) is 11.9 Å². The van der Waals surface area contributed by atoms with Gasteiger partial charge in [0.1, 0.15) is 0 Å². The Hall–Kier alpha value is -2.50. The second kappa shape index (κ2) is 5.01. The number of benzene rings is 2. The number of halogens is 2. The van der Waals surface area contributed by atoms with Crippen LogP contribution < -0.4 is 5.32 Å². The summed E-state index contributed by atoms with van der Waals surface area (Å²) in [7, 11) is 0. The summed E-state index contributed by atoms with van der Waals surface area (Å²) in [5, 5.41) is 15.8. The van der Waals surface area contributed by atoms with E-state index in [-0.39, 0.29) is 5.69 Å². The van der Waals surface area contributed by atoms with Crippen LogP contribution in [0, 0.1) is 5.82 Å². The van der Waals surface area contributed by atoms with Crippen molar-refractivity contribution in [3.63, 3.8) is 0 Å². The maximum Gasteiger partial charge on any atom is 0.262 e. The van der Waals surface area contributed by atoms with Gasteiger partial charge in [-0.25, -0.2) is 9.38 Å². The summed E-state index contributed by atoms with van der Waals surface area (Å²) in [6.07, 6.45) is 3.96. The molecule has 0 saturated heterocycles. The van der Waals surface area contributed by atoms with Gasteiger partial charge in [0, 0.05) is 33.9 Å². The molecule has 23 heavy (non-hydrogen) atoms. The molecule has 0 aliphatic carbocycles. The summed E-state index contributed by atoms with van der Waals surface area (Å²) in [4.78, 5) is 7.93. The van der Waals surface area contributed by atoms with E-state index in [9.17, 15) is 9.50 Å². The van der Waals surface area contributed by atoms with Crippen LogP contribution in [-0.4, -0.2) is 16.3 Å². The summed E-state index contributed by atoms with van der Waals surface area (Å²) < 4.78 is 14.0. The van der Waals surface area contributed by atoms with Crippen molar-refractivity contribution in [1.82, 2.24) is 4.98 Å². The Labute approximate surface area is 136 Å². The Morgan fingerprint density at radius 3 is 2.74 bits per heavy atom. The fourth-order valence-electron chi connectivity index (χ4n) is 2.77. The van der Waals surface area contributed by atoms with Crippen LogP contribution in [0.2, 0.25) is 5.02 Å². The van der Waals surface area contributed by atoms with E-state index in [2.05, 4.69) is 15.3 Å². The highest BCUT2D eigenvalue weighted by Crippen LogP contribution is 2.37. The zero-order valence-corrected chi connectivity index (χ0v) is 12.5. The highest BCUT2D eigenvalue weighted by atomic mass is 35.5. The van der Waals surface area contributed by atoms with Gasteiger partial charge in [-0.05, 0) is 11.5 Å². The van der Waals surface area contributed by atoms with Crippen LogP contribution in [0.3, 0.4) is 0 Å². The molecule has 0 saturated carbocycles. The summed E-state index contributed by atoms with van der Waals surface area (Å²) in [6, 6.07) is 10.8. The molecule has 1 atom stereocenters. The van der Waals surface area contributed by atoms with Crippen molar-refractivity contribution in [3.05, 3.63) is 70.8 Å². The number of aliphatic imine (C=N–C) groups is 1. The number of pyridine rings is 1. The van der Waals surface area contributed by atoms with Crippen LogP contribution in [0.1, 0.15) is 11.1 Å². The van der Waals surface area contributed by atoms with Crippen molar-refractivity contribution < 1.29 is 9.50 Å². The summed E-state index contributed by atoms with van der Waals surface area (Å²) >= 11 is 6.30. The molecule has 4 nitrogen and oxygen atoms in total. The quantitative estimate of drug-likeness (QED) is 0.717. The molecule has 4 rings (SSSR count). The lowest BCUT2D eigenvalue weighted by molar-refractivity contribution is 0.0784. The zero-order chi connectivity index (χ0) is 16.0. The van der Waals surface area contributed by atoms with Gasteiger partial charge in [0.15, 0.2) is 5.82 Å². The molecule has 2 aromatic carbocycles. The molecule has 0 bridgehead atoms. The lowest BCUT2D eigenvalue weighted by Crippen LogP contribution is -2.36. The van der Waals surface area contributed by atoms with E-state index in [0.717, 1.165) is 11.6 Å². The Balaban J connectivity index is 1.94. The fourth-order valence-corrected chi connectivity index (χ4v) is 3.06. The van der Waals surface area contributed by atoms with Crippen LogP contribution in [0.25, 0.3) is 10.8 Å². The number of hydrogen-bond acceptors (Lipinski definition) is 4. The molecule has 114 valence electrons. The largest absolute Gasteiger partial charge is 0.349 e. The van der Waals surface area contributed by atoms with Crippen molar-refractivity contribution in [2.45, 2.75) is 5.85 Å². The number of nitrogens with zero attached hydrogens (tertiary/aromatic N) is 2. The van der Waals surface area contributed by atoms with Crippen molar-refractivity contribution in [1.29, 1.82) is 0 Å². The molecular formula is C17H11ClFN3O. The van der Waals surface area contributed by atoms with Gasteiger partial charge in [-0.2, -0.15) is 0 Å². The van der Waals surface area contributed by atoms with Crippen LogP contribution in [0.5, 0.6) is 0 Å². The third kappa shape index (κ3) is 2.17.